The van der Waals surface area contributed by atoms with Crippen LogP contribution in [-0.4, -0.2) is 51.6 Å². The van der Waals surface area contributed by atoms with Crippen molar-refractivity contribution >= 4 is 17.9 Å². The van der Waals surface area contributed by atoms with Crippen molar-refractivity contribution < 1.29 is 24.2 Å². The average molecular weight is 538 g/mol. The van der Waals surface area contributed by atoms with Crippen LogP contribution in [0.5, 0.6) is 5.75 Å². The van der Waals surface area contributed by atoms with Gasteiger partial charge >= 0.3 is 6.09 Å². The Kier molecular flexibility index (Phi) is 10.0. The highest BCUT2D eigenvalue weighted by molar-refractivity contribution is 5.93. The van der Waals surface area contributed by atoms with E-state index >= 15 is 0 Å². The first-order valence-corrected chi connectivity index (χ1v) is 13.8. The smallest absolute Gasteiger partial charge is 0.408 e. The SMILES string of the molecule is CCCC(C)NC(=O)C(c1ccc(C)cc1)N(C(=O)C(Cc1ccc(O)cc1)NC(=O)OC(C)(C)C)C1CC1. The minimum atomic E-state index is -0.973. The zero-order chi connectivity index (χ0) is 28.7. The largest absolute Gasteiger partial charge is 0.508 e. The molecule has 0 spiro atoms. The molecule has 3 atom stereocenters. The van der Waals surface area contributed by atoms with E-state index in [9.17, 15) is 19.5 Å². The van der Waals surface area contributed by atoms with Gasteiger partial charge in [-0.25, -0.2) is 4.79 Å². The Hall–Kier alpha value is -3.55. The van der Waals surface area contributed by atoms with Crippen LogP contribution in [0.1, 0.15) is 83.0 Å². The second kappa shape index (κ2) is 13.0. The summed E-state index contributed by atoms with van der Waals surface area (Å²) in [6.07, 6.45) is 2.79. The van der Waals surface area contributed by atoms with Gasteiger partial charge in [0, 0.05) is 18.5 Å². The van der Waals surface area contributed by atoms with Gasteiger partial charge in [0.15, 0.2) is 0 Å². The molecule has 8 heteroatoms. The number of hydrogen-bond donors (Lipinski definition) is 3. The molecule has 0 heterocycles. The fourth-order valence-electron chi connectivity index (χ4n) is 4.58. The lowest BCUT2D eigenvalue weighted by Crippen LogP contribution is -2.55. The van der Waals surface area contributed by atoms with Crippen molar-refractivity contribution in [3.63, 3.8) is 0 Å². The number of aromatic hydroxyl groups is 1. The van der Waals surface area contributed by atoms with Crippen molar-refractivity contribution in [2.45, 2.75) is 103 Å². The van der Waals surface area contributed by atoms with Crippen molar-refractivity contribution in [1.29, 1.82) is 0 Å². The predicted octanol–water partition coefficient (Wildman–Crippen LogP) is 5.17. The van der Waals surface area contributed by atoms with E-state index in [0.29, 0.717) is 0 Å². The lowest BCUT2D eigenvalue weighted by atomic mass is 9.99. The topological polar surface area (TPSA) is 108 Å². The molecule has 3 N–H and O–H groups in total. The highest BCUT2D eigenvalue weighted by Gasteiger charge is 2.44. The average Bonchev–Trinajstić information content (AvgIpc) is 3.68. The third kappa shape index (κ3) is 9.01. The molecular formula is C31H43N3O5. The normalized spacial score (nSPS) is 15.5. The maximum absolute atomic E-state index is 14.3. The zero-order valence-electron chi connectivity index (χ0n) is 24.0. The molecule has 212 valence electrons. The minimum absolute atomic E-state index is 0.0423. The van der Waals surface area contributed by atoms with E-state index in [4.69, 9.17) is 4.74 Å². The van der Waals surface area contributed by atoms with Crippen LogP contribution in [0.2, 0.25) is 0 Å². The summed E-state index contributed by atoms with van der Waals surface area (Å²) in [6.45, 7) is 11.3. The number of carbonyl (C=O) groups excluding carboxylic acids is 3. The number of alkyl carbamates (subject to hydrolysis) is 1. The number of phenols is 1. The molecule has 39 heavy (non-hydrogen) atoms. The molecule has 0 bridgehead atoms. The molecule has 3 rings (SSSR count). The number of nitrogens with one attached hydrogen (secondary N) is 2. The van der Waals surface area contributed by atoms with Crippen LogP contribution < -0.4 is 10.6 Å². The van der Waals surface area contributed by atoms with Crippen molar-refractivity contribution in [3.05, 3.63) is 65.2 Å². The molecule has 0 saturated heterocycles. The van der Waals surface area contributed by atoms with Gasteiger partial charge in [-0.15, -0.1) is 0 Å². The van der Waals surface area contributed by atoms with Crippen molar-refractivity contribution in [2.24, 2.45) is 0 Å². The second-order valence-electron chi connectivity index (χ2n) is 11.6. The molecule has 0 radical (unpaired) electrons. The summed E-state index contributed by atoms with van der Waals surface area (Å²) in [7, 11) is 0. The second-order valence-corrected chi connectivity index (χ2v) is 11.6. The minimum Gasteiger partial charge on any atom is -0.508 e. The number of nitrogens with zero attached hydrogens (tertiary/aromatic N) is 1. The van der Waals surface area contributed by atoms with E-state index in [1.165, 1.54) is 0 Å². The van der Waals surface area contributed by atoms with E-state index in [-0.39, 0.29) is 36.1 Å². The van der Waals surface area contributed by atoms with Gasteiger partial charge in [-0.05, 0) is 77.1 Å². The fraction of sp³-hybridized carbons (Fsp3) is 0.516. The number of rotatable bonds is 11. The summed E-state index contributed by atoms with van der Waals surface area (Å²) >= 11 is 0. The Morgan fingerprint density at radius 1 is 1.03 bits per heavy atom. The Morgan fingerprint density at radius 2 is 1.64 bits per heavy atom. The van der Waals surface area contributed by atoms with Crippen LogP contribution in [-0.2, 0) is 20.7 Å². The zero-order valence-corrected chi connectivity index (χ0v) is 24.0. The van der Waals surface area contributed by atoms with Crippen LogP contribution >= 0.6 is 0 Å². The summed E-state index contributed by atoms with van der Waals surface area (Å²) < 4.78 is 5.48. The van der Waals surface area contributed by atoms with E-state index in [2.05, 4.69) is 17.6 Å². The molecule has 1 aliphatic rings. The van der Waals surface area contributed by atoms with Crippen LogP contribution in [0.3, 0.4) is 0 Å². The number of phenolic OH excluding ortho intramolecular Hbond substituents is 1. The summed E-state index contributed by atoms with van der Waals surface area (Å²) in [5, 5.41) is 15.6. The molecule has 1 saturated carbocycles. The van der Waals surface area contributed by atoms with Gasteiger partial charge in [0.25, 0.3) is 0 Å². The maximum Gasteiger partial charge on any atom is 0.408 e. The number of aryl methyl sites for hydroxylation is 1. The van der Waals surface area contributed by atoms with E-state index in [0.717, 1.165) is 42.4 Å². The maximum atomic E-state index is 14.3. The van der Waals surface area contributed by atoms with Gasteiger partial charge in [-0.1, -0.05) is 55.3 Å². The number of hydrogen-bond acceptors (Lipinski definition) is 5. The Labute approximate surface area is 232 Å². The first-order chi connectivity index (χ1) is 18.4. The molecule has 8 nitrogen and oxygen atoms in total. The van der Waals surface area contributed by atoms with Gasteiger partial charge in [-0.2, -0.15) is 0 Å². The van der Waals surface area contributed by atoms with Crippen molar-refractivity contribution in [2.75, 3.05) is 0 Å². The monoisotopic (exact) mass is 537 g/mol. The Bertz CT molecular complexity index is 1120. The molecule has 3 amide bonds. The van der Waals surface area contributed by atoms with Crippen molar-refractivity contribution in [3.8, 4) is 5.75 Å². The summed E-state index contributed by atoms with van der Waals surface area (Å²) in [6, 6.07) is 12.2. The molecule has 0 aromatic heterocycles. The van der Waals surface area contributed by atoms with Crippen LogP contribution in [0.4, 0.5) is 4.79 Å². The quantitative estimate of drug-likeness (QED) is 0.366. The Morgan fingerprint density at radius 3 is 2.18 bits per heavy atom. The highest BCUT2D eigenvalue weighted by atomic mass is 16.6. The number of amides is 3. The van der Waals surface area contributed by atoms with E-state index < -0.39 is 23.8 Å². The first kappa shape index (κ1) is 30.0. The highest BCUT2D eigenvalue weighted by Crippen LogP contribution is 2.36. The van der Waals surface area contributed by atoms with Gasteiger partial charge in [0.1, 0.15) is 23.4 Å². The standard InChI is InChI=1S/C31H43N3O5/c1-7-8-21(3)32-28(36)27(23-13-9-20(2)10-14-23)34(24-15-16-24)29(37)26(33-30(38)39-31(4,5)6)19-22-11-17-25(35)18-12-22/h9-14,17-18,21,24,26-27,35H,7-8,15-16,19H2,1-6H3,(H,32,36)(H,33,38). The number of benzene rings is 2. The molecule has 1 fully saturated rings. The lowest BCUT2D eigenvalue weighted by Gasteiger charge is -2.35. The van der Waals surface area contributed by atoms with Crippen LogP contribution in [0.25, 0.3) is 0 Å². The summed E-state index contributed by atoms with van der Waals surface area (Å²) in [4.78, 5) is 42.6. The lowest BCUT2D eigenvalue weighted by molar-refractivity contribution is -0.143. The van der Waals surface area contributed by atoms with Gasteiger partial charge in [0.2, 0.25) is 11.8 Å². The molecule has 2 aromatic carbocycles. The first-order valence-electron chi connectivity index (χ1n) is 13.8. The van der Waals surface area contributed by atoms with Gasteiger partial charge < -0.3 is 25.4 Å². The molecule has 3 unspecified atom stereocenters. The van der Waals surface area contributed by atoms with Gasteiger partial charge in [-0.3, -0.25) is 9.59 Å². The van der Waals surface area contributed by atoms with E-state index in [1.807, 2.05) is 38.1 Å². The predicted molar refractivity (Wildman–Crippen MR) is 151 cm³/mol. The summed E-state index contributed by atoms with van der Waals surface area (Å²) in [5.41, 5.74) is 1.79. The third-order valence-corrected chi connectivity index (χ3v) is 6.59. The fourth-order valence-corrected chi connectivity index (χ4v) is 4.58. The molecule has 2 aromatic rings. The molecule has 1 aliphatic carbocycles. The van der Waals surface area contributed by atoms with E-state index in [1.54, 1.807) is 49.9 Å². The molecular weight excluding hydrogens is 494 g/mol. The number of carbonyl (C=O) groups is 3. The van der Waals surface area contributed by atoms with Gasteiger partial charge in [0.05, 0.1) is 0 Å². The Balaban J connectivity index is 1.99. The third-order valence-electron chi connectivity index (χ3n) is 6.59. The van der Waals surface area contributed by atoms with Crippen molar-refractivity contribution in [1.82, 2.24) is 15.5 Å². The molecule has 0 aliphatic heterocycles. The summed E-state index contributed by atoms with van der Waals surface area (Å²) in [5.74, 6) is -0.473. The van der Waals surface area contributed by atoms with Crippen LogP contribution in [0.15, 0.2) is 48.5 Å². The number of ether oxygens (including phenoxy) is 1. The van der Waals surface area contributed by atoms with Crippen LogP contribution in [0, 0.1) is 6.92 Å².